The Morgan fingerprint density at radius 1 is 1.03 bits per heavy atom. The van der Waals surface area contributed by atoms with Crippen molar-refractivity contribution in [1.29, 1.82) is 0 Å². The summed E-state index contributed by atoms with van der Waals surface area (Å²) >= 11 is 12.7. The lowest BCUT2D eigenvalue weighted by Gasteiger charge is -2.34. The van der Waals surface area contributed by atoms with Crippen LogP contribution in [0.5, 0.6) is 0 Å². The third-order valence-corrected chi connectivity index (χ3v) is 6.21. The number of carbonyl (C=O) groups is 2. The molecule has 3 aromatic rings. The van der Waals surface area contributed by atoms with Crippen LogP contribution in [0.4, 0.5) is 0 Å². The SMILES string of the molecule is Cc1onc(-c2c(Cl)cccc2Cl)c1C(=O)N1CCN(Cc2ccc(C(N)=O)cc2)CC1. The predicted molar refractivity (Wildman–Crippen MR) is 123 cm³/mol. The number of piperazine rings is 1. The van der Waals surface area contributed by atoms with Crippen molar-refractivity contribution in [3.63, 3.8) is 0 Å². The van der Waals surface area contributed by atoms with Gasteiger partial charge in [0.05, 0.1) is 10.0 Å². The molecule has 2 heterocycles. The lowest BCUT2D eigenvalue weighted by Crippen LogP contribution is -2.48. The molecule has 2 amide bonds. The molecule has 0 aliphatic carbocycles. The molecular weight excluding hydrogens is 451 g/mol. The number of amides is 2. The summed E-state index contributed by atoms with van der Waals surface area (Å²) in [6, 6.07) is 12.4. The molecule has 1 aliphatic heterocycles. The number of rotatable bonds is 5. The summed E-state index contributed by atoms with van der Waals surface area (Å²) in [4.78, 5) is 28.6. The molecule has 2 N–H and O–H groups in total. The molecule has 32 heavy (non-hydrogen) atoms. The first kappa shape index (κ1) is 22.3. The Labute approximate surface area is 195 Å². The molecule has 0 atom stereocenters. The molecule has 0 radical (unpaired) electrons. The third-order valence-electron chi connectivity index (χ3n) is 5.58. The van der Waals surface area contributed by atoms with E-state index in [-0.39, 0.29) is 5.91 Å². The minimum atomic E-state index is -0.440. The summed E-state index contributed by atoms with van der Waals surface area (Å²) in [5.74, 6) is -0.164. The van der Waals surface area contributed by atoms with Crippen molar-refractivity contribution < 1.29 is 14.1 Å². The van der Waals surface area contributed by atoms with Crippen LogP contribution in [0, 0.1) is 6.92 Å². The largest absolute Gasteiger partial charge is 0.366 e. The number of nitrogens with two attached hydrogens (primary N) is 1. The van der Waals surface area contributed by atoms with Gasteiger partial charge in [0.25, 0.3) is 5.91 Å². The summed E-state index contributed by atoms with van der Waals surface area (Å²) in [6.45, 7) is 5.01. The van der Waals surface area contributed by atoms with Gasteiger partial charge in [0.2, 0.25) is 5.91 Å². The van der Waals surface area contributed by atoms with Crippen LogP contribution >= 0.6 is 23.2 Å². The van der Waals surface area contributed by atoms with Crippen LogP contribution in [0.2, 0.25) is 10.0 Å². The quantitative estimate of drug-likeness (QED) is 0.605. The van der Waals surface area contributed by atoms with Crippen LogP contribution in [-0.4, -0.2) is 52.9 Å². The average Bonchev–Trinajstić information content (AvgIpc) is 3.15. The molecular formula is C23H22Cl2N4O3. The van der Waals surface area contributed by atoms with E-state index in [2.05, 4.69) is 10.1 Å². The van der Waals surface area contributed by atoms with Gasteiger partial charge in [-0.15, -0.1) is 0 Å². The normalized spacial score (nSPS) is 14.5. The number of nitrogens with zero attached hydrogens (tertiary/aromatic N) is 3. The molecule has 2 aromatic carbocycles. The number of primary amides is 1. The fourth-order valence-corrected chi connectivity index (χ4v) is 4.39. The second kappa shape index (κ2) is 9.32. The molecule has 7 nitrogen and oxygen atoms in total. The Kier molecular flexibility index (Phi) is 6.50. The van der Waals surface area contributed by atoms with Crippen molar-refractivity contribution in [3.05, 3.63) is 75.0 Å². The molecule has 0 unspecified atom stereocenters. The monoisotopic (exact) mass is 472 g/mol. The van der Waals surface area contributed by atoms with Gasteiger partial charge in [-0.1, -0.05) is 46.6 Å². The summed E-state index contributed by atoms with van der Waals surface area (Å²) in [7, 11) is 0. The smallest absolute Gasteiger partial charge is 0.259 e. The predicted octanol–water partition coefficient (Wildman–Crippen LogP) is 4.01. The third kappa shape index (κ3) is 4.50. The zero-order valence-corrected chi connectivity index (χ0v) is 19.0. The second-order valence-corrected chi connectivity index (χ2v) is 8.50. The number of aryl methyl sites for hydroxylation is 1. The fraction of sp³-hybridized carbons (Fsp3) is 0.261. The highest BCUT2D eigenvalue weighted by atomic mass is 35.5. The Morgan fingerprint density at radius 2 is 1.66 bits per heavy atom. The van der Waals surface area contributed by atoms with E-state index in [0.29, 0.717) is 51.3 Å². The van der Waals surface area contributed by atoms with Crippen molar-refractivity contribution in [2.24, 2.45) is 5.73 Å². The van der Waals surface area contributed by atoms with E-state index >= 15 is 0 Å². The zero-order chi connectivity index (χ0) is 22.8. The lowest BCUT2D eigenvalue weighted by molar-refractivity contribution is 0.0627. The zero-order valence-electron chi connectivity index (χ0n) is 17.5. The summed E-state index contributed by atoms with van der Waals surface area (Å²) < 4.78 is 5.34. The topological polar surface area (TPSA) is 92.7 Å². The van der Waals surface area contributed by atoms with Gasteiger partial charge >= 0.3 is 0 Å². The maximum Gasteiger partial charge on any atom is 0.259 e. The molecule has 9 heteroatoms. The van der Waals surface area contributed by atoms with Crippen molar-refractivity contribution in [2.75, 3.05) is 26.2 Å². The van der Waals surface area contributed by atoms with Crippen LogP contribution in [0.25, 0.3) is 11.3 Å². The van der Waals surface area contributed by atoms with E-state index in [9.17, 15) is 9.59 Å². The van der Waals surface area contributed by atoms with Gasteiger partial charge in [0.1, 0.15) is 17.0 Å². The summed E-state index contributed by atoms with van der Waals surface area (Å²) in [6.07, 6.45) is 0. The molecule has 166 valence electrons. The maximum atomic E-state index is 13.3. The van der Waals surface area contributed by atoms with Crippen molar-refractivity contribution in [2.45, 2.75) is 13.5 Å². The number of hydrogen-bond acceptors (Lipinski definition) is 5. The van der Waals surface area contributed by atoms with Crippen molar-refractivity contribution in [1.82, 2.24) is 15.0 Å². The number of benzene rings is 2. The van der Waals surface area contributed by atoms with Gasteiger partial charge in [-0.3, -0.25) is 14.5 Å². The standard InChI is InChI=1S/C23H22Cl2N4O3/c1-14-19(21(27-32-14)20-17(24)3-2-4-18(20)25)23(31)29-11-9-28(10-12-29)13-15-5-7-16(8-6-15)22(26)30/h2-8H,9-13H2,1H3,(H2,26,30). The Balaban J connectivity index is 1.45. The van der Waals surface area contributed by atoms with Gasteiger partial charge in [-0.05, 0) is 36.8 Å². The highest BCUT2D eigenvalue weighted by molar-refractivity contribution is 6.39. The Bertz CT molecular complexity index is 1130. The van der Waals surface area contributed by atoms with E-state index in [1.165, 1.54) is 0 Å². The highest BCUT2D eigenvalue weighted by Crippen LogP contribution is 2.37. The fourth-order valence-electron chi connectivity index (χ4n) is 3.82. The van der Waals surface area contributed by atoms with Crippen LogP contribution in [0.1, 0.15) is 32.0 Å². The van der Waals surface area contributed by atoms with E-state index in [1.807, 2.05) is 12.1 Å². The molecule has 1 aliphatic rings. The van der Waals surface area contributed by atoms with E-state index in [0.717, 1.165) is 25.2 Å². The molecule has 1 fully saturated rings. The molecule has 1 aromatic heterocycles. The number of hydrogen-bond donors (Lipinski definition) is 1. The summed E-state index contributed by atoms with van der Waals surface area (Å²) in [5.41, 5.74) is 8.11. The van der Waals surface area contributed by atoms with Crippen molar-refractivity contribution >= 4 is 35.0 Å². The first-order valence-electron chi connectivity index (χ1n) is 10.2. The first-order valence-corrected chi connectivity index (χ1v) is 10.9. The van der Waals surface area contributed by atoms with Crippen molar-refractivity contribution in [3.8, 4) is 11.3 Å². The van der Waals surface area contributed by atoms with E-state index in [1.54, 1.807) is 42.2 Å². The Morgan fingerprint density at radius 3 is 2.25 bits per heavy atom. The van der Waals surface area contributed by atoms with Crippen LogP contribution < -0.4 is 5.73 Å². The van der Waals surface area contributed by atoms with Crippen LogP contribution in [0.15, 0.2) is 47.0 Å². The maximum absolute atomic E-state index is 13.3. The molecule has 1 saturated heterocycles. The summed E-state index contributed by atoms with van der Waals surface area (Å²) in [5, 5.41) is 4.90. The van der Waals surface area contributed by atoms with E-state index in [4.69, 9.17) is 33.5 Å². The number of carbonyl (C=O) groups excluding carboxylic acids is 2. The van der Waals surface area contributed by atoms with Gasteiger partial charge in [-0.2, -0.15) is 0 Å². The second-order valence-electron chi connectivity index (χ2n) is 7.69. The number of aromatic nitrogens is 1. The van der Waals surface area contributed by atoms with Gasteiger partial charge in [0, 0.05) is 43.9 Å². The Hall–Kier alpha value is -2.87. The average molecular weight is 473 g/mol. The highest BCUT2D eigenvalue weighted by Gasteiger charge is 2.30. The van der Waals surface area contributed by atoms with Gasteiger partial charge in [0.15, 0.2) is 0 Å². The lowest BCUT2D eigenvalue weighted by atomic mass is 10.0. The minimum Gasteiger partial charge on any atom is -0.366 e. The van der Waals surface area contributed by atoms with Crippen LogP contribution in [0.3, 0.4) is 0 Å². The number of halogens is 2. The molecule has 0 saturated carbocycles. The molecule has 4 rings (SSSR count). The van der Waals surface area contributed by atoms with Crippen LogP contribution in [-0.2, 0) is 6.54 Å². The first-order chi connectivity index (χ1) is 15.3. The molecule has 0 bridgehead atoms. The van der Waals surface area contributed by atoms with Gasteiger partial charge < -0.3 is 15.2 Å². The molecule has 0 spiro atoms. The minimum absolute atomic E-state index is 0.153. The van der Waals surface area contributed by atoms with E-state index < -0.39 is 5.91 Å². The van der Waals surface area contributed by atoms with Gasteiger partial charge in [-0.25, -0.2) is 0 Å².